The van der Waals surface area contributed by atoms with Crippen molar-refractivity contribution in [2.75, 3.05) is 24.6 Å². The molecular formula is C16H20F3N5O2. The Labute approximate surface area is 147 Å². The smallest absolute Gasteiger partial charge is 0.396 e. The summed E-state index contributed by atoms with van der Waals surface area (Å²) in [6.45, 7) is 3.02. The minimum absolute atomic E-state index is 0.00101. The first-order valence-corrected chi connectivity index (χ1v) is 8.33. The first-order chi connectivity index (χ1) is 12.2. The molecular weight excluding hydrogens is 351 g/mol. The molecule has 3 rings (SSSR count). The van der Waals surface area contributed by atoms with Gasteiger partial charge >= 0.3 is 6.18 Å². The van der Waals surface area contributed by atoms with E-state index >= 15 is 0 Å². The number of aromatic nitrogens is 4. The van der Waals surface area contributed by atoms with Crippen LogP contribution in [0.4, 0.5) is 19.0 Å². The molecule has 0 unspecified atom stereocenters. The minimum Gasteiger partial charge on any atom is -0.396 e. The van der Waals surface area contributed by atoms with Crippen LogP contribution in [0.15, 0.2) is 17.2 Å². The molecule has 142 valence electrons. The van der Waals surface area contributed by atoms with Gasteiger partial charge in [0.2, 0.25) is 0 Å². The van der Waals surface area contributed by atoms with Gasteiger partial charge in [0.15, 0.2) is 11.5 Å². The molecule has 1 atom stereocenters. The van der Waals surface area contributed by atoms with Crippen molar-refractivity contribution in [1.82, 2.24) is 19.3 Å². The summed E-state index contributed by atoms with van der Waals surface area (Å²) in [5, 5.41) is 12.8. The summed E-state index contributed by atoms with van der Waals surface area (Å²) in [4.78, 5) is 18.6. The van der Waals surface area contributed by atoms with E-state index in [2.05, 4.69) is 10.1 Å². The maximum Gasteiger partial charge on any atom is 0.435 e. The van der Waals surface area contributed by atoms with Gasteiger partial charge in [0.1, 0.15) is 0 Å². The summed E-state index contributed by atoms with van der Waals surface area (Å²) in [5.41, 5.74) is -1.50. The number of nitrogens with zero attached hydrogens (tertiary/aromatic N) is 5. The number of hydrogen-bond donors (Lipinski definition) is 1. The molecule has 0 bridgehead atoms. The van der Waals surface area contributed by atoms with Gasteiger partial charge in [-0.1, -0.05) is 0 Å². The number of aliphatic hydroxyl groups is 1. The number of alkyl halides is 3. The van der Waals surface area contributed by atoms with Crippen LogP contribution < -0.4 is 10.5 Å². The normalized spacial score (nSPS) is 17.9. The standard InChI is InChI=1S/C16H20F3N5O2/c1-3-23-8-12(11-7-22(2)21-13(11)16(17,18)19)20-14(15(23)26)24-5-4-10(6-24)9-25/h7-8,10,25H,3-6,9H2,1-2H3/t10-/m1/s1. The van der Waals surface area contributed by atoms with E-state index in [1.165, 1.54) is 24.0 Å². The quantitative estimate of drug-likeness (QED) is 0.882. The van der Waals surface area contributed by atoms with Crippen LogP contribution in [-0.4, -0.2) is 44.1 Å². The third kappa shape index (κ3) is 3.33. The van der Waals surface area contributed by atoms with Gasteiger partial charge in [0, 0.05) is 51.6 Å². The van der Waals surface area contributed by atoms with E-state index in [0.29, 0.717) is 26.1 Å². The van der Waals surface area contributed by atoms with E-state index in [-0.39, 0.29) is 35.2 Å². The number of anilines is 1. The SMILES string of the molecule is CCn1cc(-c2cn(C)nc2C(F)(F)F)nc(N2CC[C@@H](CO)C2)c1=O. The van der Waals surface area contributed by atoms with Gasteiger partial charge in [-0.3, -0.25) is 9.48 Å². The van der Waals surface area contributed by atoms with Crippen molar-refractivity contribution >= 4 is 5.82 Å². The molecule has 2 aromatic rings. The van der Waals surface area contributed by atoms with E-state index in [1.54, 1.807) is 11.8 Å². The van der Waals surface area contributed by atoms with Crippen LogP contribution in [0, 0.1) is 5.92 Å². The van der Waals surface area contributed by atoms with Crippen LogP contribution in [-0.2, 0) is 19.8 Å². The van der Waals surface area contributed by atoms with Gasteiger partial charge in [0.25, 0.3) is 5.56 Å². The Kier molecular flexibility index (Phi) is 4.78. The molecule has 0 aliphatic carbocycles. The lowest BCUT2D eigenvalue weighted by Crippen LogP contribution is -2.32. The predicted molar refractivity (Wildman–Crippen MR) is 88.8 cm³/mol. The Morgan fingerprint density at radius 3 is 2.65 bits per heavy atom. The van der Waals surface area contributed by atoms with E-state index in [9.17, 15) is 23.1 Å². The van der Waals surface area contributed by atoms with Gasteiger partial charge in [-0.25, -0.2) is 4.98 Å². The molecule has 2 aromatic heterocycles. The van der Waals surface area contributed by atoms with Crippen molar-refractivity contribution in [3.05, 3.63) is 28.4 Å². The first-order valence-electron chi connectivity index (χ1n) is 8.33. The maximum absolute atomic E-state index is 13.3. The third-order valence-electron chi connectivity index (χ3n) is 4.51. The second kappa shape index (κ2) is 6.75. The topological polar surface area (TPSA) is 76.2 Å². The first kappa shape index (κ1) is 18.4. The van der Waals surface area contributed by atoms with Crippen LogP contribution in [0.2, 0.25) is 0 Å². The number of rotatable bonds is 4. The fourth-order valence-electron chi connectivity index (χ4n) is 3.16. The zero-order valence-electron chi connectivity index (χ0n) is 14.5. The summed E-state index contributed by atoms with van der Waals surface area (Å²) in [5.74, 6) is 0.135. The Morgan fingerprint density at radius 1 is 1.35 bits per heavy atom. The molecule has 26 heavy (non-hydrogen) atoms. The fraction of sp³-hybridized carbons (Fsp3) is 0.562. The Balaban J connectivity index is 2.13. The Morgan fingerprint density at radius 2 is 2.08 bits per heavy atom. The summed E-state index contributed by atoms with van der Waals surface area (Å²) < 4.78 is 42.3. The summed E-state index contributed by atoms with van der Waals surface area (Å²) >= 11 is 0. The number of hydrogen-bond acceptors (Lipinski definition) is 5. The van der Waals surface area contributed by atoms with E-state index < -0.39 is 11.9 Å². The molecule has 1 aliphatic heterocycles. The molecule has 1 N–H and O–H groups in total. The monoisotopic (exact) mass is 371 g/mol. The van der Waals surface area contributed by atoms with Gasteiger partial charge in [-0.05, 0) is 13.3 Å². The average molecular weight is 371 g/mol. The molecule has 0 aromatic carbocycles. The zero-order chi connectivity index (χ0) is 19.1. The molecule has 1 aliphatic rings. The van der Waals surface area contributed by atoms with Crippen LogP contribution in [0.1, 0.15) is 19.0 Å². The lowest BCUT2D eigenvalue weighted by atomic mass is 10.1. The molecule has 0 spiro atoms. The van der Waals surface area contributed by atoms with Gasteiger partial charge in [0.05, 0.1) is 11.3 Å². The van der Waals surface area contributed by atoms with Crippen molar-refractivity contribution in [1.29, 1.82) is 0 Å². The molecule has 10 heteroatoms. The molecule has 1 fully saturated rings. The number of aliphatic hydroxyl groups excluding tert-OH is 1. The number of aryl methyl sites for hydroxylation is 2. The van der Waals surface area contributed by atoms with Gasteiger partial charge < -0.3 is 14.6 Å². The van der Waals surface area contributed by atoms with Crippen molar-refractivity contribution in [2.45, 2.75) is 26.1 Å². The highest BCUT2D eigenvalue weighted by Crippen LogP contribution is 2.35. The molecule has 3 heterocycles. The van der Waals surface area contributed by atoms with Crippen molar-refractivity contribution in [3.63, 3.8) is 0 Å². The molecule has 0 radical (unpaired) electrons. The summed E-state index contributed by atoms with van der Waals surface area (Å²) in [6.07, 6.45) is -1.34. The van der Waals surface area contributed by atoms with Crippen LogP contribution in [0.5, 0.6) is 0 Å². The van der Waals surface area contributed by atoms with Crippen LogP contribution in [0.25, 0.3) is 11.3 Å². The highest BCUT2D eigenvalue weighted by molar-refractivity contribution is 5.63. The Hall–Kier alpha value is -2.36. The van der Waals surface area contributed by atoms with Crippen molar-refractivity contribution in [2.24, 2.45) is 13.0 Å². The van der Waals surface area contributed by atoms with Gasteiger partial charge in [-0.15, -0.1) is 0 Å². The van der Waals surface area contributed by atoms with Gasteiger partial charge in [-0.2, -0.15) is 18.3 Å². The lowest BCUT2D eigenvalue weighted by molar-refractivity contribution is -0.141. The van der Waals surface area contributed by atoms with Crippen LogP contribution >= 0.6 is 0 Å². The highest BCUT2D eigenvalue weighted by atomic mass is 19.4. The fourth-order valence-corrected chi connectivity index (χ4v) is 3.16. The van der Waals surface area contributed by atoms with E-state index in [1.807, 2.05) is 0 Å². The third-order valence-corrected chi connectivity index (χ3v) is 4.51. The second-order valence-electron chi connectivity index (χ2n) is 6.39. The van der Waals surface area contributed by atoms with Crippen LogP contribution in [0.3, 0.4) is 0 Å². The minimum atomic E-state index is -4.62. The summed E-state index contributed by atoms with van der Waals surface area (Å²) in [6, 6.07) is 0. The number of halogens is 3. The van der Waals surface area contributed by atoms with E-state index in [0.717, 1.165) is 4.68 Å². The molecule has 7 nitrogen and oxygen atoms in total. The van der Waals surface area contributed by atoms with E-state index in [4.69, 9.17) is 0 Å². The average Bonchev–Trinajstić information content (AvgIpc) is 3.21. The maximum atomic E-state index is 13.3. The molecule has 1 saturated heterocycles. The highest BCUT2D eigenvalue weighted by Gasteiger charge is 2.38. The van der Waals surface area contributed by atoms with Crippen molar-refractivity contribution in [3.8, 4) is 11.3 Å². The largest absolute Gasteiger partial charge is 0.435 e. The Bertz CT molecular complexity index is 859. The predicted octanol–water partition coefficient (Wildman–Crippen LogP) is 1.50. The summed E-state index contributed by atoms with van der Waals surface area (Å²) in [7, 11) is 1.40. The lowest BCUT2D eigenvalue weighted by Gasteiger charge is -2.19. The molecule has 0 saturated carbocycles. The van der Waals surface area contributed by atoms with Crippen molar-refractivity contribution < 1.29 is 18.3 Å². The zero-order valence-corrected chi connectivity index (χ0v) is 14.5. The molecule has 0 amide bonds. The second-order valence-corrected chi connectivity index (χ2v) is 6.39.